The highest BCUT2D eigenvalue weighted by Crippen LogP contribution is 2.17. The van der Waals surface area contributed by atoms with Crippen LogP contribution in [0, 0.1) is 0 Å². The van der Waals surface area contributed by atoms with Crippen LogP contribution in [0.4, 0.5) is 0 Å². The zero-order chi connectivity index (χ0) is 11.4. The molecule has 0 bridgehead atoms. The van der Waals surface area contributed by atoms with Gasteiger partial charge in [-0.25, -0.2) is 9.97 Å². The standard InChI is InChI=1S/C12H14N4/c1-2-9-4-3-6-14-11(9)12-15-7-5-10(8-13)16-12/h3-7H,2,8,13H2,1H3. The molecule has 2 heterocycles. The Kier molecular flexibility index (Phi) is 3.22. The summed E-state index contributed by atoms with van der Waals surface area (Å²) < 4.78 is 0. The van der Waals surface area contributed by atoms with Gasteiger partial charge in [0.1, 0.15) is 5.69 Å². The van der Waals surface area contributed by atoms with Crippen LogP contribution in [-0.4, -0.2) is 15.0 Å². The van der Waals surface area contributed by atoms with Crippen molar-refractivity contribution in [1.29, 1.82) is 0 Å². The van der Waals surface area contributed by atoms with Gasteiger partial charge in [0.15, 0.2) is 5.82 Å². The Bertz CT molecular complexity index is 482. The van der Waals surface area contributed by atoms with Crippen molar-refractivity contribution >= 4 is 0 Å². The van der Waals surface area contributed by atoms with Gasteiger partial charge in [0.2, 0.25) is 0 Å². The normalized spacial score (nSPS) is 10.4. The van der Waals surface area contributed by atoms with E-state index in [1.807, 2.05) is 18.2 Å². The molecule has 0 aliphatic heterocycles. The number of pyridine rings is 1. The van der Waals surface area contributed by atoms with E-state index in [9.17, 15) is 0 Å². The van der Waals surface area contributed by atoms with Crippen LogP contribution in [0.2, 0.25) is 0 Å². The Hall–Kier alpha value is -1.81. The summed E-state index contributed by atoms with van der Waals surface area (Å²) in [7, 11) is 0. The van der Waals surface area contributed by atoms with Crippen LogP contribution < -0.4 is 5.73 Å². The molecule has 0 saturated carbocycles. The third-order valence-electron chi connectivity index (χ3n) is 2.41. The molecule has 2 N–H and O–H groups in total. The number of hydrogen-bond acceptors (Lipinski definition) is 4. The zero-order valence-electron chi connectivity index (χ0n) is 9.22. The maximum Gasteiger partial charge on any atom is 0.178 e. The van der Waals surface area contributed by atoms with Crippen molar-refractivity contribution in [2.24, 2.45) is 5.73 Å². The fourth-order valence-corrected chi connectivity index (χ4v) is 1.55. The predicted octanol–water partition coefficient (Wildman–Crippen LogP) is 1.56. The first-order valence-electron chi connectivity index (χ1n) is 5.31. The van der Waals surface area contributed by atoms with Crippen molar-refractivity contribution < 1.29 is 0 Å². The molecule has 0 unspecified atom stereocenters. The van der Waals surface area contributed by atoms with Gasteiger partial charge in [0.25, 0.3) is 0 Å². The van der Waals surface area contributed by atoms with E-state index in [2.05, 4.69) is 21.9 Å². The fraction of sp³-hybridized carbons (Fsp3) is 0.250. The van der Waals surface area contributed by atoms with Gasteiger partial charge < -0.3 is 5.73 Å². The molecule has 0 aromatic carbocycles. The molecule has 2 rings (SSSR count). The summed E-state index contributed by atoms with van der Waals surface area (Å²) in [6.07, 6.45) is 4.39. The van der Waals surface area contributed by atoms with E-state index in [-0.39, 0.29) is 0 Å². The minimum absolute atomic E-state index is 0.420. The van der Waals surface area contributed by atoms with Crippen LogP contribution in [0.1, 0.15) is 18.2 Å². The maximum atomic E-state index is 5.56. The van der Waals surface area contributed by atoms with E-state index in [4.69, 9.17) is 5.73 Å². The Morgan fingerprint density at radius 2 is 2.06 bits per heavy atom. The summed E-state index contributed by atoms with van der Waals surface area (Å²) >= 11 is 0. The summed E-state index contributed by atoms with van der Waals surface area (Å²) in [5, 5.41) is 0. The van der Waals surface area contributed by atoms with Gasteiger partial charge in [-0.05, 0) is 24.1 Å². The number of hydrogen-bond donors (Lipinski definition) is 1. The second-order valence-corrected chi connectivity index (χ2v) is 3.44. The van der Waals surface area contributed by atoms with Crippen LogP contribution in [0.3, 0.4) is 0 Å². The van der Waals surface area contributed by atoms with Gasteiger partial charge >= 0.3 is 0 Å². The molecule has 0 saturated heterocycles. The largest absolute Gasteiger partial charge is 0.325 e. The number of rotatable bonds is 3. The summed E-state index contributed by atoms with van der Waals surface area (Å²) in [5.41, 5.74) is 8.39. The number of nitrogens with two attached hydrogens (primary N) is 1. The smallest absolute Gasteiger partial charge is 0.178 e. The average Bonchev–Trinajstić information content (AvgIpc) is 2.38. The summed E-state index contributed by atoms with van der Waals surface area (Å²) in [5.74, 6) is 0.653. The van der Waals surface area contributed by atoms with Gasteiger partial charge in [-0.15, -0.1) is 0 Å². The molecule has 0 spiro atoms. The SMILES string of the molecule is CCc1cccnc1-c1nccc(CN)n1. The first-order valence-corrected chi connectivity index (χ1v) is 5.31. The van der Waals surface area contributed by atoms with Gasteiger partial charge in [-0.1, -0.05) is 13.0 Å². The lowest BCUT2D eigenvalue weighted by molar-refractivity contribution is 0.959. The average molecular weight is 214 g/mol. The molecule has 0 aliphatic rings. The Morgan fingerprint density at radius 3 is 2.81 bits per heavy atom. The summed E-state index contributed by atoms with van der Waals surface area (Å²) in [4.78, 5) is 12.9. The summed E-state index contributed by atoms with van der Waals surface area (Å²) in [6, 6.07) is 5.79. The van der Waals surface area contributed by atoms with Crippen molar-refractivity contribution in [2.45, 2.75) is 19.9 Å². The topological polar surface area (TPSA) is 64.7 Å². The van der Waals surface area contributed by atoms with E-state index in [1.54, 1.807) is 12.4 Å². The highest BCUT2D eigenvalue weighted by atomic mass is 14.9. The van der Waals surface area contributed by atoms with Gasteiger partial charge in [-0.2, -0.15) is 0 Å². The van der Waals surface area contributed by atoms with E-state index >= 15 is 0 Å². The molecule has 82 valence electrons. The van der Waals surface area contributed by atoms with Crippen LogP contribution in [0.15, 0.2) is 30.6 Å². The minimum Gasteiger partial charge on any atom is -0.325 e. The fourth-order valence-electron chi connectivity index (χ4n) is 1.55. The Labute approximate surface area is 94.6 Å². The van der Waals surface area contributed by atoms with Gasteiger partial charge in [0, 0.05) is 18.9 Å². The predicted molar refractivity (Wildman–Crippen MR) is 62.5 cm³/mol. The number of aromatic nitrogens is 3. The molecular weight excluding hydrogens is 200 g/mol. The molecule has 4 heteroatoms. The lowest BCUT2D eigenvalue weighted by Gasteiger charge is -2.05. The third-order valence-corrected chi connectivity index (χ3v) is 2.41. The van der Waals surface area contributed by atoms with Crippen molar-refractivity contribution in [3.63, 3.8) is 0 Å². The quantitative estimate of drug-likeness (QED) is 0.842. The first-order chi connectivity index (χ1) is 7.85. The van der Waals surface area contributed by atoms with Gasteiger partial charge in [0.05, 0.1) is 5.69 Å². The minimum atomic E-state index is 0.420. The van der Waals surface area contributed by atoms with Crippen LogP contribution in [0.5, 0.6) is 0 Å². The number of nitrogens with zero attached hydrogens (tertiary/aromatic N) is 3. The second-order valence-electron chi connectivity index (χ2n) is 3.44. The highest BCUT2D eigenvalue weighted by molar-refractivity contribution is 5.54. The lowest BCUT2D eigenvalue weighted by Crippen LogP contribution is -2.03. The van der Waals surface area contributed by atoms with Crippen LogP contribution in [0.25, 0.3) is 11.5 Å². The highest BCUT2D eigenvalue weighted by Gasteiger charge is 2.07. The molecule has 0 fully saturated rings. The first kappa shape index (κ1) is 10.7. The van der Waals surface area contributed by atoms with Crippen molar-refractivity contribution in [1.82, 2.24) is 15.0 Å². The molecule has 0 radical (unpaired) electrons. The molecule has 16 heavy (non-hydrogen) atoms. The van der Waals surface area contributed by atoms with E-state index < -0.39 is 0 Å². The monoisotopic (exact) mass is 214 g/mol. The van der Waals surface area contributed by atoms with E-state index in [1.165, 1.54) is 0 Å². The number of aryl methyl sites for hydroxylation is 1. The molecule has 2 aromatic rings. The maximum absolute atomic E-state index is 5.56. The lowest BCUT2D eigenvalue weighted by atomic mass is 10.1. The molecule has 2 aromatic heterocycles. The molecule has 0 atom stereocenters. The Morgan fingerprint density at radius 1 is 1.19 bits per heavy atom. The second kappa shape index (κ2) is 4.81. The molecule has 4 nitrogen and oxygen atoms in total. The molecule has 0 aliphatic carbocycles. The van der Waals surface area contributed by atoms with Crippen LogP contribution >= 0.6 is 0 Å². The van der Waals surface area contributed by atoms with Gasteiger partial charge in [-0.3, -0.25) is 4.98 Å². The molecular formula is C12H14N4. The van der Waals surface area contributed by atoms with E-state index in [0.29, 0.717) is 12.4 Å². The third kappa shape index (κ3) is 2.06. The zero-order valence-corrected chi connectivity index (χ0v) is 9.22. The van der Waals surface area contributed by atoms with E-state index in [0.717, 1.165) is 23.4 Å². The van der Waals surface area contributed by atoms with Crippen molar-refractivity contribution in [2.75, 3.05) is 0 Å². The molecule has 0 amide bonds. The van der Waals surface area contributed by atoms with Crippen molar-refractivity contribution in [3.05, 3.63) is 41.9 Å². The van der Waals surface area contributed by atoms with Crippen molar-refractivity contribution in [3.8, 4) is 11.5 Å². The van der Waals surface area contributed by atoms with Crippen LogP contribution in [-0.2, 0) is 13.0 Å². The Balaban J connectivity index is 2.49. The summed E-state index contributed by atoms with van der Waals surface area (Å²) in [6.45, 7) is 2.51.